The number of nitrogens with one attached hydrogen (secondary N) is 2. The Morgan fingerprint density at radius 2 is 2.16 bits per heavy atom. The van der Waals surface area contributed by atoms with Gasteiger partial charge in [0.1, 0.15) is 0 Å². The number of ether oxygens (including phenoxy) is 2. The van der Waals surface area contributed by atoms with Gasteiger partial charge in [0.2, 0.25) is 6.79 Å². The molecule has 0 aliphatic carbocycles. The predicted molar refractivity (Wildman–Crippen MR) is 70.5 cm³/mol. The predicted octanol–water partition coefficient (Wildman–Crippen LogP) is 1.29. The van der Waals surface area contributed by atoms with Crippen LogP contribution in [0.15, 0.2) is 18.2 Å². The molecular formula is C14H18N2O3. The average molecular weight is 262 g/mol. The third-order valence-electron chi connectivity index (χ3n) is 3.52. The lowest BCUT2D eigenvalue weighted by Gasteiger charge is -2.16. The summed E-state index contributed by atoms with van der Waals surface area (Å²) in [6, 6.07) is 5.50. The molecule has 0 saturated carbocycles. The molecule has 5 nitrogen and oxygen atoms in total. The Morgan fingerprint density at radius 3 is 3.11 bits per heavy atom. The van der Waals surface area contributed by atoms with E-state index in [0.717, 1.165) is 25.9 Å². The lowest BCUT2D eigenvalue weighted by atomic mass is 10.1. The van der Waals surface area contributed by atoms with Crippen LogP contribution >= 0.6 is 0 Å². The summed E-state index contributed by atoms with van der Waals surface area (Å²) in [5, 5.41) is 6.40. The SMILES string of the molecule is O=C(NC1CCCCNC1)c1ccc2c(c1)OCO2. The summed E-state index contributed by atoms with van der Waals surface area (Å²) in [5.41, 5.74) is 0.619. The zero-order chi connectivity index (χ0) is 13.1. The van der Waals surface area contributed by atoms with Gasteiger partial charge >= 0.3 is 0 Å². The average Bonchev–Trinajstić information content (AvgIpc) is 2.75. The van der Waals surface area contributed by atoms with E-state index in [1.54, 1.807) is 18.2 Å². The zero-order valence-electron chi connectivity index (χ0n) is 10.8. The Balaban J connectivity index is 1.66. The summed E-state index contributed by atoms with van der Waals surface area (Å²) in [6.45, 7) is 2.11. The Bertz CT molecular complexity index is 468. The molecule has 1 atom stereocenters. The highest BCUT2D eigenvalue weighted by Gasteiger charge is 2.19. The molecule has 1 fully saturated rings. The van der Waals surface area contributed by atoms with Crippen LogP contribution in [-0.4, -0.2) is 31.8 Å². The summed E-state index contributed by atoms with van der Waals surface area (Å²) in [5.74, 6) is 1.30. The highest BCUT2D eigenvalue weighted by molar-refractivity contribution is 5.95. The standard InChI is InChI=1S/C14H18N2O3/c17-14(16-11-3-1-2-6-15-8-11)10-4-5-12-13(7-10)19-9-18-12/h4-5,7,11,15H,1-3,6,8-9H2,(H,16,17). The van der Waals surface area contributed by atoms with Gasteiger partial charge in [-0.3, -0.25) is 4.79 Å². The summed E-state index contributed by atoms with van der Waals surface area (Å²) in [4.78, 5) is 12.2. The van der Waals surface area contributed by atoms with Gasteiger partial charge in [0.25, 0.3) is 5.91 Å². The number of carbonyl (C=O) groups is 1. The lowest BCUT2D eigenvalue weighted by Crippen LogP contribution is -2.40. The molecule has 1 aromatic rings. The maximum absolute atomic E-state index is 12.2. The first kappa shape index (κ1) is 12.3. The van der Waals surface area contributed by atoms with Crippen LogP contribution in [-0.2, 0) is 0 Å². The molecule has 1 aromatic carbocycles. The largest absolute Gasteiger partial charge is 0.454 e. The minimum absolute atomic E-state index is 0.0491. The van der Waals surface area contributed by atoms with E-state index in [-0.39, 0.29) is 18.7 Å². The molecule has 5 heteroatoms. The topological polar surface area (TPSA) is 59.6 Å². The van der Waals surface area contributed by atoms with Crippen molar-refractivity contribution in [3.8, 4) is 11.5 Å². The fourth-order valence-electron chi connectivity index (χ4n) is 2.45. The van der Waals surface area contributed by atoms with E-state index in [0.29, 0.717) is 17.1 Å². The van der Waals surface area contributed by atoms with Crippen LogP contribution in [0.25, 0.3) is 0 Å². The van der Waals surface area contributed by atoms with Gasteiger partial charge in [-0.05, 0) is 37.6 Å². The number of hydrogen-bond acceptors (Lipinski definition) is 4. The van der Waals surface area contributed by atoms with Gasteiger partial charge in [0, 0.05) is 18.2 Å². The number of rotatable bonds is 2. The molecular weight excluding hydrogens is 244 g/mol. The second-order valence-corrected chi connectivity index (χ2v) is 4.94. The fourth-order valence-corrected chi connectivity index (χ4v) is 2.45. The number of benzene rings is 1. The Kier molecular flexibility index (Phi) is 3.55. The molecule has 2 heterocycles. The molecule has 2 N–H and O–H groups in total. The van der Waals surface area contributed by atoms with E-state index in [4.69, 9.17) is 9.47 Å². The highest BCUT2D eigenvalue weighted by atomic mass is 16.7. The van der Waals surface area contributed by atoms with Crippen LogP contribution in [0.4, 0.5) is 0 Å². The van der Waals surface area contributed by atoms with Crippen LogP contribution in [0.5, 0.6) is 11.5 Å². The fraction of sp³-hybridized carbons (Fsp3) is 0.500. The third-order valence-corrected chi connectivity index (χ3v) is 3.52. The molecule has 3 rings (SSSR count). The van der Waals surface area contributed by atoms with Gasteiger partial charge in [0.15, 0.2) is 11.5 Å². The van der Waals surface area contributed by atoms with Crippen molar-refractivity contribution in [2.75, 3.05) is 19.9 Å². The van der Waals surface area contributed by atoms with Gasteiger partial charge in [0.05, 0.1) is 0 Å². The van der Waals surface area contributed by atoms with Crippen LogP contribution in [0, 0.1) is 0 Å². The van der Waals surface area contributed by atoms with E-state index in [2.05, 4.69) is 10.6 Å². The van der Waals surface area contributed by atoms with Gasteiger partial charge in [-0.15, -0.1) is 0 Å². The molecule has 0 bridgehead atoms. The molecule has 2 aliphatic heterocycles. The quantitative estimate of drug-likeness (QED) is 0.843. The van der Waals surface area contributed by atoms with Crippen molar-refractivity contribution in [2.45, 2.75) is 25.3 Å². The number of amides is 1. The van der Waals surface area contributed by atoms with Crippen molar-refractivity contribution < 1.29 is 14.3 Å². The maximum atomic E-state index is 12.2. The van der Waals surface area contributed by atoms with Crippen molar-refractivity contribution in [2.24, 2.45) is 0 Å². The smallest absolute Gasteiger partial charge is 0.251 e. The van der Waals surface area contributed by atoms with E-state index < -0.39 is 0 Å². The van der Waals surface area contributed by atoms with Crippen molar-refractivity contribution >= 4 is 5.91 Å². The van der Waals surface area contributed by atoms with Crippen LogP contribution in [0.3, 0.4) is 0 Å². The monoisotopic (exact) mass is 262 g/mol. The summed E-state index contributed by atoms with van der Waals surface area (Å²) in [6.07, 6.45) is 3.36. The van der Waals surface area contributed by atoms with Crippen molar-refractivity contribution in [1.29, 1.82) is 0 Å². The number of carbonyl (C=O) groups excluding carboxylic acids is 1. The van der Waals surface area contributed by atoms with Crippen molar-refractivity contribution in [1.82, 2.24) is 10.6 Å². The van der Waals surface area contributed by atoms with Crippen molar-refractivity contribution in [3.05, 3.63) is 23.8 Å². The Hall–Kier alpha value is -1.75. The lowest BCUT2D eigenvalue weighted by molar-refractivity contribution is 0.0935. The third kappa shape index (κ3) is 2.81. The summed E-state index contributed by atoms with van der Waals surface area (Å²) in [7, 11) is 0. The van der Waals surface area contributed by atoms with Crippen molar-refractivity contribution in [3.63, 3.8) is 0 Å². The highest BCUT2D eigenvalue weighted by Crippen LogP contribution is 2.32. The Labute approximate surface area is 112 Å². The zero-order valence-corrected chi connectivity index (χ0v) is 10.8. The Morgan fingerprint density at radius 1 is 1.26 bits per heavy atom. The van der Waals surface area contributed by atoms with Crippen LogP contribution in [0.1, 0.15) is 29.6 Å². The molecule has 1 amide bonds. The molecule has 1 saturated heterocycles. The molecule has 1 unspecified atom stereocenters. The molecule has 0 spiro atoms. The minimum Gasteiger partial charge on any atom is -0.454 e. The van der Waals surface area contributed by atoms with Crippen LogP contribution in [0.2, 0.25) is 0 Å². The molecule has 19 heavy (non-hydrogen) atoms. The first-order chi connectivity index (χ1) is 9.33. The first-order valence-electron chi connectivity index (χ1n) is 6.74. The summed E-state index contributed by atoms with van der Waals surface area (Å²) >= 11 is 0. The molecule has 2 aliphatic rings. The van der Waals surface area contributed by atoms with Gasteiger partial charge < -0.3 is 20.1 Å². The normalized spacial score (nSPS) is 21.8. The molecule has 102 valence electrons. The first-order valence-corrected chi connectivity index (χ1v) is 6.74. The van der Waals surface area contributed by atoms with Crippen LogP contribution < -0.4 is 20.1 Å². The maximum Gasteiger partial charge on any atom is 0.251 e. The van der Waals surface area contributed by atoms with Gasteiger partial charge in [-0.25, -0.2) is 0 Å². The van der Waals surface area contributed by atoms with Gasteiger partial charge in [-0.2, -0.15) is 0 Å². The molecule has 0 aromatic heterocycles. The number of hydrogen-bond donors (Lipinski definition) is 2. The van der Waals surface area contributed by atoms with E-state index in [1.165, 1.54) is 6.42 Å². The number of fused-ring (bicyclic) bond motifs is 1. The summed E-state index contributed by atoms with van der Waals surface area (Å²) < 4.78 is 10.5. The second-order valence-electron chi connectivity index (χ2n) is 4.94. The van der Waals surface area contributed by atoms with E-state index in [1.807, 2.05) is 0 Å². The van der Waals surface area contributed by atoms with E-state index in [9.17, 15) is 4.79 Å². The van der Waals surface area contributed by atoms with Gasteiger partial charge in [-0.1, -0.05) is 6.42 Å². The second kappa shape index (κ2) is 5.48. The molecule has 0 radical (unpaired) electrons. The minimum atomic E-state index is -0.0491. The van der Waals surface area contributed by atoms with E-state index >= 15 is 0 Å².